The highest BCUT2D eigenvalue weighted by molar-refractivity contribution is 8.00. The number of thioether (sulfide) groups is 1. The summed E-state index contributed by atoms with van der Waals surface area (Å²) in [5.74, 6) is 0.465. The van der Waals surface area contributed by atoms with E-state index < -0.39 is 37.3 Å². The summed E-state index contributed by atoms with van der Waals surface area (Å²) in [5.41, 5.74) is 2.19. The van der Waals surface area contributed by atoms with Crippen LogP contribution in [0.4, 0.5) is 10.6 Å². The van der Waals surface area contributed by atoms with Crippen LogP contribution in [0.1, 0.15) is 6.23 Å². The molecule has 3 unspecified atom stereocenters. The van der Waals surface area contributed by atoms with Gasteiger partial charge >= 0.3 is 19.0 Å². The van der Waals surface area contributed by atoms with E-state index in [1.165, 1.54) is 28.6 Å². The molecule has 0 aliphatic carbocycles. The molecule has 1 saturated heterocycles. The summed E-state index contributed by atoms with van der Waals surface area (Å²) in [5, 5.41) is 8.46. The Morgan fingerprint density at radius 2 is 2.43 bits per heavy atom. The monoisotopic (exact) mass is 337 g/mol. The summed E-state index contributed by atoms with van der Waals surface area (Å²) in [6.45, 7) is -0.390. The van der Waals surface area contributed by atoms with Gasteiger partial charge in [0.05, 0.1) is 6.61 Å². The number of rotatable bonds is 5. The molecule has 4 N–H and O–H groups in total. The fourth-order valence-corrected chi connectivity index (χ4v) is 3.08. The van der Waals surface area contributed by atoms with Crippen molar-refractivity contribution >= 4 is 30.9 Å². The van der Waals surface area contributed by atoms with Crippen molar-refractivity contribution in [1.82, 2.24) is 9.55 Å². The second kappa shape index (κ2) is 6.16. The van der Waals surface area contributed by atoms with E-state index in [2.05, 4.69) is 9.51 Å². The first-order valence-corrected chi connectivity index (χ1v) is 8.25. The summed E-state index contributed by atoms with van der Waals surface area (Å²) >= 11 is 1.22. The van der Waals surface area contributed by atoms with Gasteiger partial charge in [-0.2, -0.15) is 4.98 Å². The van der Waals surface area contributed by atoms with Crippen molar-refractivity contribution in [2.24, 2.45) is 0 Å². The Labute approximate surface area is 122 Å². The average molecular weight is 337 g/mol. The van der Waals surface area contributed by atoms with E-state index in [0.717, 1.165) is 0 Å². The molecule has 1 aromatic heterocycles. The molecular formula is C9H12N3O7PS. The van der Waals surface area contributed by atoms with Gasteiger partial charge in [0.25, 0.3) is 0 Å². The molecule has 0 amide bonds. The lowest BCUT2D eigenvalue weighted by Crippen LogP contribution is -2.28. The number of carbonyl (C=O) groups is 1. The van der Waals surface area contributed by atoms with Gasteiger partial charge in [-0.15, -0.1) is 11.8 Å². The zero-order chi connectivity index (χ0) is 15.6. The van der Waals surface area contributed by atoms with Crippen LogP contribution in [0.3, 0.4) is 0 Å². The smallest absolute Gasteiger partial charge is 0.435 e. The molecule has 0 radical (unpaired) electrons. The minimum atomic E-state index is -4.70. The van der Waals surface area contributed by atoms with Crippen LogP contribution in [0.25, 0.3) is 0 Å². The Morgan fingerprint density at radius 3 is 3.05 bits per heavy atom. The number of hydrogen-bond donors (Lipinski definition) is 3. The zero-order valence-electron chi connectivity index (χ0n) is 10.5. The van der Waals surface area contributed by atoms with Crippen LogP contribution in [0.5, 0.6) is 0 Å². The quantitative estimate of drug-likeness (QED) is 0.639. The van der Waals surface area contributed by atoms with Gasteiger partial charge < -0.3 is 20.5 Å². The number of nitrogen functional groups attached to an aromatic ring is 1. The summed E-state index contributed by atoms with van der Waals surface area (Å²) in [7, 11) is -4.70. The van der Waals surface area contributed by atoms with Crippen LogP contribution in [0, 0.1) is 0 Å². The van der Waals surface area contributed by atoms with Gasteiger partial charge in [-0.3, -0.25) is 9.09 Å². The van der Waals surface area contributed by atoms with Crippen molar-refractivity contribution in [3.63, 3.8) is 0 Å². The lowest BCUT2D eigenvalue weighted by molar-refractivity contribution is -0.00335. The number of carboxylic acid groups (broad SMARTS) is 1. The number of nitrogens with zero attached hydrogens (tertiary/aromatic N) is 2. The molecule has 2 rings (SSSR count). The van der Waals surface area contributed by atoms with Crippen molar-refractivity contribution in [2.75, 3.05) is 18.1 Å². The van der Waals surface area contributed by atoms with Crippen molar-refractivity contribution in [2.45, 2.75) is 11.7 Å². The van der Waals surface area contributed by atoms with Crippen LogP contribution in [0.15, 0.2) is 17.1 Å². The van der Waals surface area contributed by atoms with E-state index in [0.29, 0.717) is 5.75 Å². The van der Waals surface area contributed by atoms with Crippen LogP contribution in [0.2, 0.25) is 0 Å². The summed E-state index contributed by atoms with van der Waals surface area (Å²) in [4.78, 5) is 34.6. The van der Waals surface area contributed by atoms with Crippen molar-refractivity contribution in [3.05, 3.63) is 22.7 Å². The number of anilines is 1. The standard InChI is InChI=1S/C9H12N3O7PS/c10-5-1-2-12(8(13)11-5)6-4-21-7(19-6)3-18-20(16,17)9(14)15/h1-2,6-7H,3-4H2,(H,14,15)(H,16,17)(H2,10,11,13). The number of ether oxygens (including phenoxy) is 1. The zero-order valence-corrected chi connectivity index (χ0v) is 12.2. The third-order valence-electron chi connectivity index (χ3n) is 2.52. The van der Waals surface area contributed by atoms with E-state index in [1.807, 2.05) is 0 Å². The lowest BCUT2D eigenvalue weighted by Gasteiger charge is -2.15. The van der Waals surface area contributed by atoms with Gasteiger partial charge in [0.1, 0.15) is 17.5 Å². The van der Waals surface area contributed by atoms with Gasteiger partial charge in [0, 0.05) is 11.9 Å². The first-order valence-electron chi connectivity index (χ1n) is 5.62. The Kier molecular flexibility index (Phi) is 4.69. The fraction of sp³-hybridized carbons (Fsp3) is 0.444. The molecule has 1 aliphatic heterocycles. The van der Waals surface area contributed by atoms with Crippen LogP contribution in [-0.4, -0.2) is 43.1 Å². The van der Waals surface area contributed by atoms with Crippen molar-refractivity contribution < 1.29 is 28.6 Å². The predicted molar refractivity (Wildman–Crippen MR) is 73.1 cm³/mol. The Bertz CT molecular complexity index is 650. The molecule has 12 heteroatoms. The van der Waals surface area contributed by atoms with Crippen LogP contribution >= 0.6 is 19.4 Å². The molecule has 0 saturated carbocycles. The SMILES string of the molecule is Nc1ccn(C2CSC(COP(=O)(O)C(=O)O)O2)c(=O)n1. The fourth-order valence-electron chi connectivity index (χ4n) is 1.54. The molecule has 1 aliphatic rings. The highest BCUT2D eigenvalue weighted by Crippen LogP contribution is 2.44. The van der Waals surface area contributed by atoms with Gasteiger partial charge in [-0.25, -0.2) is 14.2 Å². The minimum Gasteiger partial charge on any atom is -0.472 e. The van der Waals surface area contributed by atoms with E-state index in [9.17, 15) is 14.2 Å². The maximum absolute atomic E-state index is 11.6. The van der Waals surface area contributed by atoms with Crippen molar-refractivity contribution in [3.8, 4) is 0 Å². The third kappa shape index (κ3) is 3.83. The van der Waals surface area contributed by atoms with Crippen molar-refractivity contribution in [1.29, 1.82) is 0 Å². The molecule has 21 heavy (non-hydrogen) atoms. The molecule has 1 aromatic rings. The predicted octanol–water partition coefficient (Wildman–Crippen LogP) is 0.294. The van der Waals surface area contributed by atoms with Crippen LogP contribution in [-0.2, 0) is 13.8 Å². The number of aromatic nitrogens is 2. The summed E-state index contributed by atoms with van der Waals surface area (Å²) in [6.07, 6.45) is 0.792. The first kappa shape index (κ1) is 16.0. The Morgan fingerprint density at radius 1 is 1.71 bits per heavy atom. The minimum absolute atomic E-state index is 0.0875. The molecule has 3 atom stereocenters. The largest absolute Gasteiger partial charge is 0.472 e. The topological polar surface area (TPSA) is 154 Å². The van der Waals surface area contributed by atoms with E-state index >= 15 is 0 Å². The molecule has 0 bridgehead atoms. The highest BCUT2D eigenvalue weighted by Gasteiger charge is 2.34. The molecule has 116 valence electrons. The molecular weight excluding hydrogens is 325 g/mol. The molecule has 2 heterocycles. The van der Waals surface area contributed by atoms with E-state index in [1.54, 1.807) is 0 Å². The van der Waals surface area contributed by atoms with E-state index in [-0.39, 0.29) is 5.82 Å². The summed E-state index contributed by atoms with van der Waals surface area (Å²) < 4.78 is 22.2. The highest BCUT2D eigenvalue weighted by atomic mass is 32.2. The first-order chi connectivity index (χ1) is 9.79. The molecule has 0 aromatic carbocycles. The van der Waals surface area contributed by atoms with Crippen LogP contribution < -0.4 is 11.4 Å². The second-order valence-corrected chi connectivity index (χ2v) is 6.87. The number of nitrogens with two attached hydrogens (primary N) is 1. The maximum Gasteiger partial charge on any atom is 0.435 e. The second-order valence-electron chi connectivity index (χ2n) is 3.99. The van der Waals surface area contributed by atoms with E-state index in [4.69, 9.17) is 20.5 Å². The molecule has 10 nitrogen and oxygen atoms in total. The molecule has 0 spiro atoms. The van der Waals surface area contributed by atoms with Gasteiger partial charge in [0.2, 0.25) is 0 Å². The number of hydrogen-bond acceptors (Lipinski definition) is 8. The maximum atomic E-state index is 11.6. The molecule has 1 fully saturated rings. The lowest BCUT2D eigenvalue weighted by atomic mass is 10.5. The third-order valence-corrected chi connectivity index (χ3v) is 4.60. The Balaban J connectivity index is 1.96. The van der Waals surface area contributed by atoms with Gasteiger partial charge in [-0.05, 0) is 6.07 Å². The van der Waals surface area contributed by atoms with Gasteiger partial charge in [0.15, 0.2) is 0 Å². The van der Waals surface area contributed by atoms with Gasteiger partial charge in [-0.1, -0.05) is 0 Å². The average Bonchev–Trinajstić information content (AvgIpc) is 2.85. The summed E-state index contributed by atoms with van der Waals surface area (Å²) in [6, 6.07) is 1.44. The normalized spacial score (nSPS) is 24.6. The Hall–Kier alpha value is -1.39.